The number of fused-ring (bicyclic) bond motifs is 12. The Morgan fingerprint density at radius 1 is 0.397 bits per heavy atom. The summed E-state index contributed by atoms with van der Waals surface area (Å²) in [6, 6.07) is 84.4. The van der Waals surface area contributed by atoms with Crippen molar-refractivity contribution in [1.29, 1.82) is 0 Å². The average molecular weight is 869 g/mol. The molecule has 13 aromatic rings. The van der Waals surface area contributed by atoms with Gasteiger partial charge in [0.2, 0.25) is 0 Å². The van der Waals surface area contributed by atoms with Crippen LogP contribution in [0.1, 0.15) is 25.0 Å². The van der Waals surface area contributed by atoms with Crippen molar-refractivity contribution in [2.45, 2.75) is 19.3 Å². The van der Waals surface area contributed by atoms with E-state index in [0.717, 1.165) is 61.4 Å². The van der Waals surface area contributed by atoms with Gasteiger partial charge in [0.05, 0.1) is 33.5 Å². The molecule has 0 radical (unpaired) electrons. The van der Waals surface area contributed by atoms with Crippen molar-refractivity contribution >= 4 is 82.4 Å². The molecule has 0 bridgehead atoms. The lowest BCUT2D eigenvalue weighted by Gasteiger charge is -2.29. The van der Waals surface area contributed by atoms with Gasteiger partial charge in [-0.05, 0) is 110 Å². The number of furan rings is 1. The predicted molar refractivity (Wildman–Crippen MR) is 286 cm³/mol. The van der Waals surface area contributed by atoms with E-state index in [-0.39, 0.29) is 5.41 Å². The van der Waals surface area contributed by atoms with E-state index in [1.165, 1.54) is 71.2 Å². The van der Waals surface area contributed by atoms with Gasteiger partial charge in [-0.3, -0.25) is 0 Å². The van der Waals surface area contributed by atoms with Gasteiger partial charge >= 0.3 is 0 Å². The first-order chi connectivity index (χ1) is 33.5. The van der Waals surface area contributed by atoms with Crippen LogP contribution in [0.4, 0.5) is 17.1 Å². The second-order valence-corrected chi connectivity index (χ2v) is 18.8. The molecule has 3 nitrogen and oxygen atoms in total. The third-order valence-electron chi connectivity index (χ3n) is 14.8. The van der Waals surface area contributed by atoms with Crippen molar-refractivity contribution in [2.75, 3.05) is 4.90 Å². The number of anilines is 3. The van der Waals surface area contributed by atoms with Crippen LogP contribution in [0.2, 0.25) is 0 Å². The molecular weight excluding hydrogens is 825 g/mol. The molecule has 0 fully saturated rings. The van der Waals surface area contributed by atoms with E-state index in [9.17, 15) is 0 Å². The third-order valence-corrected chi connectivity index (χ3v) is 14.8. The zero-order valence-electron chi connectivity index (χ0n) is 37.7. The van der Waals surface area contributed by atoms with Crippen LogP contribution in [0.5, 0.6) is 0 Å². The van der Waals surface area contributed by atoms with Crippen molar-refractivity contribution in [3.63, 3.8) is 0 Å². The standard InChI is InChI=1S/C65H44N2O/c1-65(2)55-29-12-7-23-47(55)48-35-34-42(39-56(48)65)41-19-17-20-44(38-41)66(61-40-43-18-3-4-21-45(43)46-22-5-6-24-49(46)61)60-37-36-53(64-63(60)54-28-11-16-33-62(54)68-64)52-27-10-15-32-59(52)67-57-30-13-8-25-50(57)51-26-9-14-31-58(51)67/h3-40H,1-2H3. The molecule has 0 unspecified atom stereocenters. The first-order valence-corrected chi connectivity index (χ1v) is 23.6. The molecule has 0 amide bonds. The second-order valence-electron chi connectivity index (χ2n) is 18.8. The van der Waals surface area contributed by atoms with E-state index < -0.39 is 0 Å². The largest absolute Gasteiger partial charge is 0.455 e. The van der Waals surface area contributed by atoms with Crippen LogP contribution in [-0.2, 0) is 5.41 Å². The summed E-state index contributed by atoms with van der Waals surface area (Å²) in [4.78, 5) is 2.48. The van der Waals surface area contributed by atoms with E-state index >= 15 is 0 Å². The fraction of sp³-hybridized carbons (Fsp3) is 0.0462. The van der Waals surface area contributed by atoms with Gasteiger partial charge in [-0.2, -0.15) is 0 Å². The maximum absolute atomic E-state index is 7.15. The Hall–Kier alpha value is -8.66. The fourth-order valence-electron chi connectivity index (χ4n) is 11.6. The Labute approximate surface area is 394 Å². The average Bonchev–Trinajstić information content (AvgIpc) is 4.02. The molecule has 68 heavy (non-hydrogen) atoms. The second kappa shape index (κ2) is 14.7. The number of rotatable bonds is 6. The number of nitrogens with zero attached hydrogens (tertiary/aromatic N) is 2. The van der Waals surface area contributed by atoms with Crippen LogP contribution >= 0.6 is 0 Å². The summed E-state index contributed by atoms with van der Waals surface area (Å²) in [5, 5.41) is 9.41. The van der Waals surface area contributed by atoms with Crippen LogP contribution in [0.3, 0.4) is 0 Å². The van der Waals surface area contributed by atoms with E-state index in [4.69, 9.17) is 4.42 Å². The van der Waals surface area contributed by atoms with Gasteiger partial charge < -0.3 is 13.9 Å². The first-order valence-electron chi connectivity index (χ1n) is 23.6. The Morgan fingerprint density at radius 3 is 1.81 bits per heavy atom. The van der Waals surface area contributed by atoms with E-state index in [1.54, 1.807) is 0 Å². The van der Waals surface area contributed by atoms with Crippen LogP contribution in [-0.4, -0.2) is 4.57 Å². The summed E-state index contributed by atoms with van der Waals surface area (Å²) in [7, 11) is 0. The van der Waals surface area contributed by atoms with E-state index in [0.29, 0.717) is 0 Å². The molecule has 1 aliphatic rings. The predicted octanol–water partition coefficient (Wildman–Crippen LogP) is 18.1. The molecule has 14 rings (SSSR count). The SMILES string of the molecule is CC1(C)c2ccccc2-c2ccc(-c3cccc(N(c4cc5ccccc5c5ccccc45)c4ccc(-c5ccccc5-n5c6ccccc6c6ccccc65)c5oc6ccccc6c45)c3)cc21. The van der Waals surface area contributed by atoms with Gasteiger partial charge in [-0.15, -0.1) is 0 Å². The maximum atomic E-state index is 7.15. The van der Waals surface area contributed by atoms with Crippen molar-refractivity contribution in [2.24, 2.45) is 0 Å². The minimum atomic E-state index is -0.106. The maximum Gasteiger partial charge on any atom is 0.145 e. The smallest absolute Gasteiger partial charge is 0.145 e. The number of para-hydroxylation sites is 4. The highest BCUT2D eigenvalue weighted by molar-refractivity contribution is 6.21. The van der Waals surface area contributed by atoms with Crippen LogP contribution < -0.4 is 4.90 Å². The Bertz CT molecular complexity index is 4150. The zero-order chi connectivity index (χ0) is 45.1. The van der Waals surface area contributed by atoms with Gasteiger partial charge in [0.15, 0.2) is 0 Å². The summed E-state index contributed by atoms with van der Waals surface area (Å²) >= 11 is 0. The van der Waals surface area contributed by atoms with Crippen molar-refractivity contribution in [1.82, 2.24) is 4.57 Å². The molecule has 320 valence electrons. The zero-order valence-corrected chi connectivity index (χ0v) is 37.7. The van der Waals surface area contributed by atoms with Crippen molar-refractivity contribution in [3.05, 3.63) is 242 Å². The summed E-state index contributed by atoms with van der Waals surface area (Å²) in [5.74, 6) is 0. The number of hydrogen-bond donors (Lipinski definition) is 0. The van der Waals surface area contributed by atoms with Crippen LogP contribution in [0.25, 0.3) is 104 Å². The van der Waals surface area contributed by atoms with Crippen LogP contribution in [0, 0.1) is 0 Å². The molecule has 2 heterocycles. The van der Waals surface area contributed by atoms with Crippen LogP contribution in [0.15, 0.2) is 235 Å². The molecule has 0 saturated heterocycles. The lowest BCUT2D eigenvalue weighted by molar-refractivity contribution is 0.660. The van der Waals surface area contributed by atoms with Gasteiger partial charge in [-0.1, -0.05) is 184 Å². The number of aromatic nitrogens is 1. The quantitative estimate of drug-likeness (QED) is 0.155. The highest BCUT2D eigenvalue weighted by Gasteiger charge is 2.35. The number of hydrogen-bond acceptors (Lipinski definition) is 2. The monoisotopic (exact) mass is 868 g/mol. The topological polar surface area (TPSA) is 21.3 Å². The van der Waals surface area contributed by atoms with Gasteiger partial charge in [0.1, 0.15) is 11.2 Å². The van der Waals surface area contributed by atoms with Crippen molar-refractivity contribution < 1.29 is 4.42 Å². The molecule has 2 aromatic heterocycles. The van der Waals surface area contributed by atoms with Crippen molar-refractivity contribution in [3.8, 4) is 39.1 Å². The summed E-state index contributed by atoms with van der Waals surface area (Å²) in [6.07, 6.45) is 0. The summed E-state index contributed by atoms with van der Waals surface area (Å²) in [5.41, 5.74) is 18.2. The van der Waals surface area contributed by atoms with Gasteiger partial charge in [0, 0.05) is 43.8 Å². The molecule has 11 aromatic carbocycles. The molecule has 0 saturated carbocycles. The fourth-order valence-corrected chi connectivity index (χ4v) is 11.6. The minimum Gasteiger partial charge on any atom is -0.455 e. The Kier molecular flexibility index (Phi) is 8.33. The summed E-state index contributed by atoms with van der Waals surface area (Å²) in [6.45, 7) is 4.71. The molecule has 0 spiro atoms. The molecule has 0 atom stereocenters. The normalized spacial score (nSPS) is 13.0. The Morgan fingerprint density at radius 2 is 1.00 bits per heavy atom. The molecule has 1 aliphatic carbocycles. The Balaban J connectivity index is 1.03. The third kappa shape index (κ3) is 5.60. The minimum absolute atomic E-state index is 0.106. The number of benzene rings is 11. The van der Waals surface area contributed by atoms with Gasteiger partial charge in [0.25, 0.3) is 0 Å². The van der Waals surface area contributed by atoms with E-state index in [1.807, 2.05) is 0 Å². The molecule has 0 N–H and O–H groups in total. The highest BCUT2D eigenvalue weighted by atomic mass is 16.3. The molecule has 0 aliphatic heterocycles. The lowest BCUT2D eigenvalue weighted by Crippen LogP contribution is -2.14. The highest BCUT2D eigenvalue weighted by Crippen LogP contribution is 2.52. The van der Waals surface area contributed by atoms with E-state index in [2.05, 4.69) is 254 Å². The lowest BCUT2D eigenvalue weighted by atomic mass is 9.81. The molecular formula is C65H44N2O. The first kappa shape index (κ1) is 38.6. The van der Waals surface area contributed by atoms with Gasteiger partial charge in [-0.25, -0.2) is 0 Å². The summed E-state index contributed by atoms with van der Waals surface area (Å²) < 4.78 is 9.57. The molecule has 3 heteroatoms.